The van der Waals surface area contributed by atoms with E-state index in [9.17, 15) is 22.4 Å². The van der Waals surface area contributed by atoms with E-state index in [0.29, 0.717) is 13.0 Å². The summed E-state index contributed by atoms with van der Waals surface area (Å²) < 4.78 is 47.0. The Labute approximate surface area is 208 Å². The molecule has 1 aliphatic heterocycles. The molecule has 4 aromatic rings. The van der Waals surface area contributed by atoms with Crippen molar-refractivity contribution < 1.29 is 32.3 Å². The number of carbonyl (C=O) groups excluding carboxylic acids is 1. The van der Waals surface area contributed by atoms with Crippen LogP contribution in [0.3, 0.4) is 0 Å². The molecule has 192 valence electrons. The zero-order valence-corrected chi connectivity index (χ0v) is 19.3. The zero-order chi connectivity index (χ0) is 26.6. The van der Waals surface area contributed by atoms with Crippen molar-refractivity contribution in [3.63, 3.8) is 0 Å². The van der Waals surface area contributed by atoms with E-state index < -0.39 is 12.1 Å². The van der Waals surface area contributed by atoms with Gasteiger partial charge in [0.05, 0.1) is 18.0 Å². The number of hydrogen-bond acceptors (Lipinski definition) is 5. The van der Waals surface area contributed by atoms with Crippen LogP contribution in [0.4, 0.5) is 17.6 Å². The SMILES string of the molecule is O=C(Cc1cccnc1)N1CCCC1c1nnn2cc(-c3cccc(F)c3)ccc12.O=C(O)C(F)(F)F. The monoisotopic (exact) mass is 515 g/mol. The fourth-order valence-corrected chi connectivity index (χ4v) is 4.12. The van der Waals surface area contributed by atoms with Crippen LogP contribution in [0.5, 0.6) is 0 Å². The van der Waals surface area contributed by atoms with Gasteiger partial charge in [-0.25, -0.2) is 13.7 Å². The number of alkyl halides is 3. The minimum absolute atomic E-state index is 0.0723. The first-order valence-electron chi connectivity index (χ1n) is 11.2. The minimum Gasteiger partial charge on any atom is -0.475 e. The second kappa shape index (κ2) is 10.7. The fourth-order valence-electron chi connectivity index (χ4n) is 4.12. The number of carbonyl (C=O) groups is 2. The molecular formula is C25H21F4N5O3. The second-order valence-electron chi connectivity index (χ2n) is 8.32. The number of aliphatic carboxylic acids is 1. The standard InChI is InChI=1S/C23H20FN5O.C2HF3O2/c24-19-6-1-5-17(13-19)18-8-9-21-23(26-27-29(21)15-18)20-7-3-11-28(20)22(30)12-16-4-2-10-25-14-16;3-2(4,5)1(6)7/h1-2,4-6,8-10,13-15,20H,3,7,11-12H2;(H,6,7). The fraction of sp³-hybridized carbons (Fsp3) is 0.240. The highest BCUT2D eigenvalue weighted by molar-refractivity contribution is 5.80. The van der Waals surface area contributed by atoms with Crippen molar-refractivity contribution in [2.24, 2.45) is 0 Å². The molecule has 1 saturated heterocycles. The first-order valence-corrected chi connectivity index (χ1v) is 11.2. The molecule has 4 heterocycles. The quantitative estimate of drug-likeness (QED) is 0.403. The summed E-state index contributed by atoms with van der Waals surface area (Å²) in [4.78, 5) is 27.8. The Balaban J connectivity index is 0.000000405. The average molecular weight is 515 g/mol. The molecule has 1 unspecified atom stereocenters. The lowest BCUT2D eigenvalue weighted by molar-refractivity contribution is -0.192. The van der Waals surface area contributed by atoms with Crippen molar-refractivity contribution >= 4 is 17.4 Å². The Kier molecular flexibility index (Phi) is 7.46. The molecule has 0 radical (unpaired) electrons. The molecule has 1 fully saturated rings. The number of hydrogen-bond donors (Lipinski definition) is 1. The van der Waals surface area contributed by atoms with Crippen molar-refractivity contribution in [1.29, 1.82) is 0 Å². The first-order chi connectivity index (χ1) is 17.6. The van der Waals surface area contributed by atoms with E-state index in [2.05, 4.69) is 15.3 Å². The molecular weight excluding hydrogens is 494 g/mol. The molecule has 0 saturated carbocycles. The third-order valence-corrected chi connectivity index (χ3v) is 5.81. The molecule has 0 spiro atoms. The van der Waals surface area contributed by atoms with Crippen LogP contribution in [0.15, 0.2) is 67.1 Å². The van der Waals surface area contributed by atoms with E-state index in [1.54, 1.807) is 23.0 Å². The smallest absolute Gasteiger partial charge is 0.475 e. The van der Waals surface area contributed by atoms with Crippen LogP contribution in [0, 0.1) is 5.82 Å². The number of carboxylic acids is 1. The van der Waals surface area contributed by atoms with Gasteiger partial charge in [0.2, 0.25) is 5.91 Å². The third kappa shape index (κ3) is 6.08. The van der Waals surface area contributed by atoms with E-state index in [1.165, 1.54) is 12.1 Å². The number of amides is 1. The molecule has 1 atom stereocenters. The van der Waals surface area contributed by atoms with Crippen LogP contribution in [-0.2, 0) is 16.0 Å². The molecule has 8 nitrogen and oxygen atoms in total. The van der Waals surface area contributed by atoms with Crippen molar-refractivity contribution in [2.75, 3.05) is 6.54 Å². The van der Waals surface area contributed by atoms with Gasteiger partial charge < -0.3 is 10.0 Å². The Morgan fingerprint density at radius 1 is 1.08 bits per heavy atom. The number of halogens is 4. The van der Waals surface area contributed by atoms with Crippen LogP contribution in [0.25, 0.3) is 16.6 Å². The number of carboxylic acid groups (broad SMARTS) is 1. The molecule has 1 aromatic carbocycles. The van der Waals surface area contributed by atoms with E-state index in [4.69, 9.17) is 9.90 Å². The highest BCUT2D eigenvalue weighted by atomic mass is 19.4. The van der Waals surface area contributed by atoms with Crippen LogP contribution in [0.1, 0.15) is 30.1 Å². The lowest BCUT2D eigenvalue weighted by atomic mass is 10.1. The van der Waals surface area contributed by atoms with Crippen molar-refractivity contribution in [3.8, 4) is 11.1 Å². The first kappa shape index (κ1) is 25.7. The largest absolute Gasteiger partial charge is 0.490 e. The summed E-state index contributed by atoms with van der Waals surface area (Å²) in [6.45, 7) is 0.712. The van der Waals surface area contributed by atoms with Gasteiger partial charge in [0, 0.05) is 30.7 Å². The second-order valence-corrected chi connectivity index (χ2v) is 8.32. The molecule has 5 rings (SSSR count). The maximum absolute atomic E-state index is 13.6. The molecule has 0 bridgehead atoms. The van der Waals surface area contributed by atoms with Crippen molar-refractivity contribution in [2.45, 2.75) is 31.5 Å². The molecule has 3 aromatic heterocycles. The molecule has 12 heteroatoms. The minimum atomic E-state index is -5.08. The number of likely N-dealkylation sites (tertiary alicyclic amines) is 1. The van der Waals surface area contributed by atoms with Gasteiger partial charge in [-0.2, -0.15) is 13.2 Å². The normalized spacial score (nSPS) is 15.4. The summed E-state index contributed by atoms with van der Waals surface area (Å²) >= 11 is 0. The van der Waals surface area contributed by atoms with E-state index in [1.807, 2.05) is 41.4 Å². The Hall–Kier alpha value is -4.35. The summed E-state index contributed by atoms with van der Waals surface area (Å²) in [7, 11) is 0. The van der Waals surface area contributed by atoms with E-state index in [-0.39, 0.29) is 17.8 Å². The third-order valence-electron chi connectivity index (χ3n) is 5.81. The van der Waals surface area contributed by atoms with Crippen LogP contribution in [0.2, 0.25) is 0 Å². The maximum atomic E-state index is 13.6. The van der Waals surface area contributed by atoms with E-state index >= 15 is 0 Å². The van der Waals surface area contributed by atoms with Gasteiger partial charge >= 0.3 is 12.1 Å². The highest BCUT2D eigenvalue weighted by Gasteiger charge is 2.38. The van der Waals surface area contributed by atoms with Crippen molar-refractivity contribution in [3.05, 3.63) is 84.2 Å². The van der Waals surface area contributed by atoms with Crippen LogP contribution < -0.4 is 0 Å². The summed E-state index contributed by atoms with van der Waals surface area (Å²) in [6.07, 6.45) is 2.31. The Morgan fingerprint density at radius 2 is 1.86 bits per heavy atom. The molecule has 1 aliphatic rings. The number of nitrogens with zero attached hydrogens (tertiary/aromatic N) is 5. The van der Waals surface area contributed by atoms with Gasteiger partial charge in [0.25, 0.3) is 0 Å². The molecule has 1 N–H and O–H groups in total. The predicted molar refractivity (Wildman–Crippen MR) is 124 cm³/mol. The van der Waals surface area contributed by atoms with Crippen LogP contribution in [-0.4, -0.2) is 54.4 Å². The van der Waals surface area contributed by atoms with Gasteiger partial charge in [-0.3, -0.25) is 9.78 Å². The van der Waals surface area contributed by atoms with Gasteiger partial charge in [-0.05, 0) is 48.2 Å². The number of fused-ring (bicyclic) bond motifs is 1. The van der Waals surface area contributed by atoms with Gasteiger partial charge in [0.15, 0.2) is 0 Å². The summed E-state index contributed by atoms with van der Waals surface area (Å²) in [6, 6.07) is 14.0. The molecule has 1 amide bonds. The van der Waals surface area contributed by atoms with Gasteiger partial charge in [-0.15, -0.1) is 5.10 Å². The lowest BCUT2D eigenvalue weighted by Gasteiger charge is -2.23. The summed E-state index contributed by atoms with van der Waals surface area (Å²) in [5, 5.41) is 15.8. The number of pyridine rings is 2. The maximum Gasteiger partial charge on any atom is 0.490 e. The Morgan fingerprint density at radius 3 is 2.54 bits per heavy atom. The predicted octanol–water partition coefficient (Wildman–Crippen LogP) is 4.47. The van der Waals surface area contributed by atoms with E-state index in [0.717, 1.165) is 40.7 Å². The Bertz CT molecular complexity index is 1410. The summed E-state index contributed by atoms with van der Waals surface area (Å²) in [5.41, 5.74) is 4.21. The number of benzene rings is 1. The van der Waals surface area contributed by atoms with Gasteiger partial charge in [0.1, 0.15) is 11.5 Å². The van der Waals surface area contributed by atoms with Gasteiger partial charge in [-0.1, -0.05) is 29.5 Å². The average Bonchev–Trinajstić information content (AvgIpc) is 3.51. The number of rotatable bonds is 4. The number of aromatic nitrogens is 4. The zero-order valence-electron chi connectivity index (χ0n) is 19.3. The van der Waals surface area contributed by atoms with Crippen LogP contribution >= 0.6 is 0 Å². The van der Waals surface area contributed by atoms with Crippen molar-refractivity contribution in [1.82, 2.24) is 24.7 Å². The molecule has 0 aliphatic carbocycles. The topological polar surface area (TPSA) is 101 Å². The molecule has 37 heavy (non-hydrogen) atoms. The lowest BCUT2D eigenvalue weighted by Crippen LogP contribution is -2.32. The highest BCUT2D eigenvalue weighted by Crippen LogP contribution is 2.34. The summed E-state index contributed by atoms with van der Waals surface area (Å²) in [5.74, 6) is -2.96.